The lowest BCUT2D eigenvalue weighted by molar-refractivity contribution is 0.340. The molecule has 2 aromatic carbocycles. The highest BCUT2D eigenvalue weighted by Gasteiger charge is 2.11. The van der Waals surface area contributed by atoms with Gasteiger partial charge in [-0.25, -0.2) is 19.9 Å². The molecule has 0 aliphatic carbocycles. The summed E-state index contributed by atoms with van der Waals surface area (Å²) in [7, 11) is 0. The number of nitrogens with zero attached hydrogens (tertiary/aromatic N) is 5. The highest BCUT2D eigenvalue weighted by Crippen LogP contribution is 2.34. The number of pyridine rings is 1. The van der Waals surface area contributed by atoms with Gasteiger partial charge in [-0.05, 0) is 75.8 Å². The first kappa shape index (κ1) is 26.4. The number of benzene rings is 2. The third-order valence-electron chi connectivity index (χ3n) is 6.58. The van der Waals surface area contributed by atoms with E-state index in [0.29, 0.717) is 23.6 Å². The molecule has 5 rings (SSSR count). The molecule has 0 radical (unpaired) electrons. The topological polar surface area (TPSA) is 154 Å². The molecule has 7 N–H and O–H groups in total. The number of rotatable bonds is 14. The predicted molar refractivity (Wildman–Crippen MR) is 158 cm³/mol. The van der Waals surface area contributed by atoms with Gasteiger partial charge in [-0.15, -0.1) is 0 Å². The second-order valence-electron chi connectivity index (χ2n) is 9.38. The fourth-order valence-electron chi connectivity index (χ4n) is 4.66. The number of ether oxygens (including phenoxy) is 1. The van der Waals surface area contributed by atoms with Gasteiger partial charge in [0.25, 0.3) is 0 Å². The zero-order valence-electron chi connectivity index (χ0n) is 22.3. The molecule has 39 heavy (non-hydrogen) atoms. The first-order chi connectivity index (χ1) is 19.1. The summed E-state index contributed by atoms with van der Waals surface area (Å²) >= 11 is 0. The van der Waals surface area contributed by atoms with Gasteiger partial charge in [-0.3, -0.25) is 0 Å². The molecule has 3 heterocycles. The summed E-state index contributed by atoms with van der Waals surface area (Å²) in [6, 6.07) is 11.9. The number of nitrogen functional groups attached to an aromatic ring is 2. The summed E-state index contributed by atoms with van der Waals surface area (Å²) in [5, 5.41) is 12.8. The third kappa shape index (κ3) is 6.27. The van der Waals surface area contributed by atoms with Crippen molar-refractivity contribution >= 4 is 50.2 Å². The van der Waals surface area contributed by atoms with Gasteiger partial charge in [-0.1, -0.05) is 0 Å². The van der Waals surface area contributed by atoms with Gasteiger partial charge in [0, 0.05) is 36.1 Å². The lowest BCUT2D eigenvalue weighted by Gasteiger charge is -2.15. The molecule has 0 fully saturated rings. The Balaban J connectivity index is 1.05. The number of imidazole rings is 1. The van der Waals surface area contributed by atoms with E-state index in [1.54, 1.807) is 6.33 Å². The van der Waals surface area contributed by atoms with Crippen molar-refractivity contribution in [3.05, 3.63) is 49.1 Å². The molecule has 0 amide bonds. The molecule has 204 valence electrons. The van der Waals surface area contributed by atoms with Gasteiger partial charge >= 0.3 is 0 Å². The van der Waals surface area contributed by atoms with Crippen LogP contribution in [0.25, 0.3) is 33.0 Å². The molecular formula is C28H36N10O. The highest BCUT2D eigenvalue weighted by molar-refractivity contribution is 6.08. The van der Waals surface area contributed by atoms with Crippen LogP contribution in [0.15, 0.2) is 49.1 Å². The Hall–Kier alpha value is -4.22. The predicted octanol–water partition coefficient (Wildman–Crippen LogP) is 3.16. The van der Waals surface area contributed by atoms with E-state index in [1.165, 1.54) is 6.33 Å². The monoisotopic (exact) mass is 528 g/mol. The van der Waals surface area contributed by atoms with Crippen molar-refractivity contribution in [2.75, 3.05) is 56.1 Å². The average Bonchev–Trinajstić information content (AvgIpc) is 3.35. The average molecular weight is 529 g/mol. The number of fused-ring (bicyclic) bond motifs is 3. The van der Waals surface area contributed by atoms with Crippen LogP contribution in [0.2, 0.25) is 0 Å². The summed E-state index contributed by atoms with van der Waals surface area (Å²) in [5.41, 5.74) is 16.9. The van der Waals surface area contributed by atoms with Crippen LogP contribution in [0.4, 0.5) is 17.2 Å². The number of nitrogens with two attached hydrogens (primary N) is 2. The molecule has 0 atom stereocenters. The Kier molecular flexibility index (Phi) is 8.49. The molecule has 11 heteroatoms. The largest absolute Gasteiger partial charge is 0.494 e. The quantitative estimate of drug-likeness (QED) is 0.0825. The molecule has 3 aromatic heterocycles. The van der Waals surface area contributed by atoms with E-state index in [0.717, 1.165) is 91.0 Å². The first-order valence-electron chi connectivity index (χ1n) is 13.5. The SMILES string of the molecule is CCOc1ccc2nc3cc(N)ccc3c(NCCCNCCCNCCn3cnc4c(N)ncnc43)c2c1. The molecule has 0 saturated carbocycles. The second-order valence-corrected chi connectivity index (χ2v) is 9.38. The van der Waals surface area contributed by atoms with Crippen molar-refractivity contribution in [1.82, 2.24) is 35.1 Å². The van der Waals surface area contributed by atoms with Gasteiger partial charge in [0.05, 0.1) is 29.7 Å². The van der Waals surface area contributed by atoms with Crippen molar-refractivity contribution < 1.29 is 4.74 Å². The van der Waals surface area contributed by atoms with Crippen molar-refractivity contribution in [3.8, 4) is 5.75 Å². The van der Waals surface area contributed by atoms with E-state index < -0.39 is 0 Å². The van der Waals surface area contributed by atoms with E-state index in [1.807, 2.05) is 41.8 Å². The fraction of sp³-hybridized carbons (Fsp3) is 0.357. The van der Waals surface area contributed by atoms with Crippen molar-refractivity contribution in [1.29, 1.82) is 0 Å². The number of anilines is 3. The highest BCUT2D eigenvalue weighted by atomic mass is 16.5. The Morgan fingerprint density at radius 2 is 1.67 bits per heavy atom. The van der Waals surface area contributed by atoms with Crippen molar-refractivity contribution in [3.63, 3.8) is 0 Å². The standard InChI is InChI=1S/C28H36N10O/c1-2-39-20-6-8-23-22(16-20)25(21-7-5-19(29)15-24(21)37-23)33-12-4-11-31-9-3-10-32-13-14-38-18-36-26-27(30)34-17-35-28(26)38/h5-8,15-18,31-32H,2-4,9-14,29H2,1H3,(H,33,37)(H2,30,34,35). The molecule has 0 saturated heterocycles. The molecule has 0 aliphatic heterocycles. The Morgan fingerprint density at radius 1 is 0.846 bits per heavy atom. The van der Waals surface area contributed by atoms with E-state index in [2.05, 4.69) is 37.0 Å². The maximum atomic E-state index is 6.03. The Morgan fingerprint density at radius 3 is 2.51 bits per heavy atom. The minimum absolute atomic E-state index is 0.413. The summed E-state index contributed by atoms with van der Waals surface area (Å²) in [6.45, 7) is 7.91. The third-order valence-corrected chi connectivity index (χ3v) is 6.58. The zero-order valence-corrected chi connectivity index (χ0v) is 22.3. The zero-order chi connectivity index (χ0) is 27.0. The Labute approximate surface area is 227 Å². The lowest BCUT2D eigenvalue weighted by Crippen LogP contribution is -2.25. The number of hydrogen-bond acceptors (Lipinski definition) is 10. The van der Waals surface area contributed by atoms with Crippen molar-refractivity contribution in [2.45, 2.75) is 26.3 Å². The molecule has 0 aliphatic rings. The minimum atomic E-state index is 0.413. The number of aromatic nitrogens is 5. The fourth-order valence-corrected chi connectivity index (χ4v) is 4.66. The maximum Gasteiger partial charge on any atom is 0.165 e. The van der Waals surface area contributed by atoms with E-state index >= 15 is 0 Å². The van der Waals surface area contributed by atoms with Crippen LogP contribution in [0.1, 0.15) is 19.8 Å². The minimum Gasteiger partial charge on any atom is -0.494 e. The van der Waals surface area contributed by atoms with E-state index in [-0.39, 0.29) is 0 Å². The van der Waals surface area contributed by atoms with Crippen molar-refractivity contribution in [2.24, 2.45) is 0 Å². The van der Waals surface area contributed by atoms with Gasteiger partial charge < -0.3 is 36.7 Å². The molecule has 11 nitrogen and oxygen atoms in total. The molecule has 5 aromatic rings. The molecule has 0 unspecified atom stereocenters. The van der Waals surface area contributed by atoms with Crippen LogP contribution < -0.4 is 32.2 Å². The smallest absolute Gasteiger partial charge is 0.165 e. The summed E-state index contributed by atoms with van der Waals surface area (Å²) in [4.78, 5) is 17.4. The van der Waals surface area contributed by atoms with E-state index in [9.17, 15) is 0 Å². The lowest BCUT2D eigenvalue weighted by atomic mass is 10.1. The summed E-state index contributed by atoms with van der Waals surface area (Å²) in [6.07, 6.45) is 5.28. The van der Waals surface area contributed by atoms with Gasteiger partial charge in [0.2, 0.25) is 0 Å². The molecule has 0 bridgehead atoms. The van der Waals surface area contributed by atoms with Crippen LogP contribution in [0.5, 0.6) is 5.75 Å². The summed E-state index contributed by atoms with van der Waals surface area (Å²) < 4.78 is 7.73. The van der Waals surface area contributed by atoms with Gasteiger partial charge in [-0.2, -0.15) is 0 Å². The maximum absolute atomic E-state index is 6.03. The van der Waals surface area contributed by atoms with Crippen LogP contribution in [0, 0.1) is 0 Å². The van der Waals surface area contributed by atoms with Crippen LogP contribution in [-0.2, 0) is 6.54 Å². The number of hydrogen-bond donors (Lipinski definition) is 5. The van der Waals surface area contributed by atoms with Crippen LogP contribution in [0.3, 0.4) is 0 Å². The van der Waals surface area contributed by atoms with Gasteiger partial charge in [0.15, 0.2) is 11.5 Å². The first-order valence-corrected chi connectivity index (χ1v) is 13.5. The molecule has 0 spiro atoms. The normalized spacial score (nSPS) is 11.5. The molecular weight excluding hydrogens is 492 g/mol. The number of nitrogens with one attached hydrogen (secondary N) is 3. The van der Waals surface area contributed by atoms with Crippen LogP contribution >= 0.6 is 0 Å². The second kappa shape index (κ2) is 12.5. The Bertz CT molecular complexity index is 1550. The van der Waals surface area contributed by atoms with Crippen LogP contribution in [-0.4, -0.2) is 63.8 Å². The summed E-state index contributed by atoms with van der Waals surface area (Å²) in [5.74, 6) is 1.26. The van der Waals surface area contributed by atoms with Gasteiger partial charge in [0.1, 0.15) is 17.6 Å². The van der Waals surface area contributed by atoms with E-state index in [4.69, 9.17) is 21.2 Å².